The fourth-order valence-corrected chi connectivity index (χ4v) is 2.69. The van der Waals surface area contributed by atoms with Gasteiger partial charge >= 0.3 is 5.97 Å². The third-order valence-electron chi connectivity index (χ3n) is 3.71. The number of aromatic carboxylic acids is 1. The minimum absolute atomic E-state index is 0.0530. The number of nitrogens with one attached hydrogen (secondary N) is 1. The van der Waals surface area contributed by atoms with Gasteiger partial charge in [0.15, 0.2) is 0 Å². The third-order valence-corrected chi connectivity index (χ3v) is 3.71. The van der Waals surface area contributed by atoms with Gasteiger partial charge in [-0.2, -0.15) is 0 Å². The molecule has 1 aromatic rings. The lowest BCUT2D eigenvalue weighted by atomic mass is 9.92. The molecule has 2 rings (SSSR count). The van der Waals surface area contributed by atoms with Crippen LogP contribution in [0.2, 0.25) is 0 Å². The highest BCUT2D eigenvalue weighted by atomic mass is 16.4. The van der Waals surface area contributed by atoms with E-state index in [1.54, 1.807) is 18.2 Å². The van der Waals surface area contributed by atoms with Crippen molar-refractivity contribution in [1.29, 1.82) is 0 Å². The predicted octanol–water partition coefficient (Wildman–Crippen LogP) is 2.69. The van der Waals surface area contributed by atoms with Gasteiger partial charge in [0.1, 0.15) is 0 Å². The minimum atomic E-state index is -1.07. The first-order chi connectivity index (χ1) is 8.89. The molecule has 0 aliphatic heterocycles. The van der Waals surface area contributed by atoms with Crippen LogP contribution in [0.15, 0.2) is 24.3 Å². The van der Waals surface area contributed by atoms with Crippen molar-refractivity contribution in [3.05, 3.63) is 35.4 Å². The quantitative estimate of drug-likeness (QED) is 0.879. The Balaban J connectivity index is 2.11. The summed E-state index contributed by atoms with van der Waals surface area (Å²) in [5.41, 5.74) is 0.543. The van der Waals surface area contributed by atoms with Gasteiger partial charge < -0.3 is 10.4 Å². The lowest BCUT2D eigenvalue weighted by molar-refractivity contribution is 0.0690. The van der Waals surface area contributed by atoms with Crippen LogP contribution in [-0.2, 0) is 0 Å². The van der Waals surface area contributed by atoms with Crippen LogP contribution in [0.4, 0.5) is 0 Å². The summed E-state index contributed by atoms with van der Waals surface area (Å²) in [5.74, 6) is -1.36. The molecule has 1 aromatic carbocycles. The second kappa shape index (κ2) is 5.03. The molecule has 4 nitrogen and oxygen atoms in total. The lowest BCUT2D eigenvalue weighted by Crippen LogP contribution is -2.34. The van der Waals surface area contributed by atoms with Gasteiger partial charge in [-0.3, -0.25) is 4.79 Å². The highest BCUT2D eigenvalue weighted by molar-refractivity contribution is 6.04. The molecule has 1 fully saturated rings. The van der Waals surface area contributed by atoms with E-state index in [1.807, 2.05) is 0 Å². The molecule has 1 amide bonds. The van der Waals surface area contributed by atoms with E-state index in [9.17, 15) is 9.59 Å². The molecular formula is C15H19NO3. The Bertz CT molecular complexity index is 508. The summed E-state index contributed by atoms with van der Waals surface area (Å²) in [7, 11) is 0. The molecule has 0 bridgehead atoms. The van der Waals surface area contributed by atoms with Crippen molar-refractivity contribution in [3.8, 4) is 0 Å². The molecule has 4 heteroatoms. The molecule has 1 saturated carbocycles. The average Bonchev–Trinajstić information content (AvgIpc) is 2.68. The molecule has 0 saturated heterocycles. The SMILES string of the molecule is CC1(C)CCC(NC(=O)c2ccccc2C(=O)O)C1. The lowest BCUT2D eigenvalue weighted by Gasteiger charge is -2.18. The van der Waals surface area contributed by atoms with E-state index in [4.69, 9.17) is 5.11 Å². The number of hydrogen-bond donors (Lipinski definition) is 2. The molecule has 0 spiro atoms. The zero-order valence-corrected chi connectivity index (χ0v) is 11.3. The number of rotatable bonds is 3. The maximum absolute atomic E-state index is 12.2. The standard InChI is InChI=1S/C15H19NO3/c1-15(2)8-7-10(9-15)16-13(17)11-5-3-4-6-12(11)14(18)19/h3-6,10H,7-9H2,1-2H3,(H,16,17)(H,18,19). The first kappa shape index (κ1) is 13.6. The van der Waals surface area contributed by atoms with Crippen LogP contribution < -0.4 is 5.32 Å². The number of carbonyl (C=O) groups excluding carboxylic acids is 1. The predicted molar refractivity (Wildman–Crippen MR) is 72.3 cm³/mol. The largest absolute Gasteiger partial charge is 0.478 e. The van der Waals surface area contributed by atoms with Crippen LogP contribution in [0.25, 0.3) is 0 Å². The summed E-state index contributed by atoms with van der Waals surface area (Å²) in [6.45, 7) is 4.37. The van der Waals surface area contributed by atoms with Crippen molar-refractivity contribution in [1.82, 2.24) is 5.32 Å². The van der Waals surface area contributed by atoms with E-state index in [0.717, 1.165) is 19.3 Å². The molecule has 1 unspecified atom stereocenters. The summed E-state index contributed by atoms with van der Waals surface area (Å²) in [6, 6.07) is 6.46. The number of benzene rings is 1. The molecule has 0 radical (unpaired) electrons. The number of amides is 1. The van der Waals surface area contributed by atoms with E-state index in [1.165, 1.54) is 6.07 Å². The Morgan fingerprint density at radius 2 is 1.89 bits per heavy atom. The monoisotopic (exact) mass is 261 g/mol. The summed E-state index contributed by atoms with van der Waals surface area (Å²) in [5, 5.41) is 12.0. The fraction of sp³-hybridized carbons (Fsp3) is 0.467. The molecule has 102 valence electrons. The zero-order valence-electron chi connectivity index (χ0n) is 11.3. The van der Waals surface area contributed by atoms with Crippen molar-refractivity contribution in [2.45, 2.75) is 39.2 Å². The van der Waals surface area contributed by atoms with Crippen molar-refractivity contribution < 1.29 is 14.7 Å². The summed E-state index contributed by atoms with van der Waals surface area (Å²) >= 11 is 0. The molecule has 0 heterocycles. The third kappa shape index (κ3) is 3.13. The van der Waals surface area contributed by atoms with Gasteiger partial charge in [-0.05, 0) is 36.8 Å². The van der Waals surface area contributed by atoms with Gasteiger partial charge in [0.2, 0.25) is 0 Å². The number of carboxylic acids is 1. The van der Waals surface area contributed by atoms with Gasteiger partial charge in [-0.15, -0.1) is 0 Å². The van der Waals surface area contributed by atoms with Crippen LogP contribution in [-0.4, -0.2) is 23.0 Å². The molecule has 2 N–H and O–H groups in total. The topological polar surface area (TPSA) is 66.4 Å². The van der Waals surface area contributed by atoms with Crippen LogP contribution in [0, 0.1) is 5.41 Å². The molecular weight excluding hydrogens is 242 g/mol. The average molecular weight is 261 g/mol. The highest BCUT2D eigenvalue weighted by Gasteiger charge is 2.32. The number of carboxylic acid groups (broad SMARTS) is 1. The van der Waals surface area contributed by atoms with E-state index in [-0.39, 0.29) is 28.5 Å². The highest BCUT2D eigenvalue weighted by Crippen LogP contribution is 2.37. The Morgan fingerprint density at radius 1 is 1.26 bits per heavy atom. The van der Waals surface area contributed by atoms with Gasteiger partial charge in [0, 0.05) is 6.04 Å². The fourth-order valence-electron chi connectivity index (χ4n) is 2.69. The van der Waals surface area contributed by atoms with Crippen LogP contribution in [0.3, 0.4) is 0 Å². The first-order valence-corrected chi connectivity index (χ1v) is 6.52. The van der Waals surface area contributed by atoms with Crippen molar-refractivity contribution in [2.75, 3.05) is 0 Å². The maximum atomic E-state index is 12.2. The van der Waals surface area contributed by atoms with E-state index >= 15 is 0 Å². The summed E-state index contributed by atoms with van der Waals surface area (Å²) < 4.78 is 0. The van der Waals surface area contributed by atoms with E-state index in [2.05, 4.69) is 19.2 Å². The Kier molecular flexibility index (Phi) is 3.60. The van der Waals surface area contributed by atoms with E-state index in [0.29, 0.717) is 0 Å². The molecule has 1 aliphatic carbocycles. The Hall–Kier alpha value is -1.84. The van der Waals surface area contributed by atoms with Crippen LogP contribution in [0.5, 0.6) is 0 Å². The Morgan fingerprint density at radius 3 is 2.42 bits per heavy atom. The minimum Gasteiger partial charge on any atom is -0.478 e. The van der Waals surface area contributed by atoms with Crippen molar-refractivity contribution in [3.63, 3.8) is 0 Å². The number of carbonyl (C=O) groups is 2. The first-order valence-electron chi connectivity index (χ1n) is 6.52. The van der Waals surface area contributed by atoms with Gasteiger partial charge in [0.05, 0.1) is 11.1 Å². The van der Waals surface area contributed by atoms with E-state index < -0.39 is 5.97 Å². The zero-order chi connectivity index (χ0) is 14.0. The molecule has 19 heavy (non-hydrogen) atoms. The van der Waals surface area contributed by atoms with Gasteiger partial charge in [0.25, 0.3) is 5.91 Å². The maximum Gasteiger partial charge on any atom is 0.336 e. The van der Waals surface area contributed by atoms with Gasteiger partial charge in [-0.1, -0.05) is 26.0 Å². The van der Waals surface area contributed by atoms with Gasteiger partial charge in [-0.25, -0.2) is 4.79 Å². The smallest absolute Gasteiger partial charge is 0.336 e. The Labute approximate surface area is 112 Å². The second-order valence-electron chi connectivity index (χ2n) is 5.93. The van der Waals surface area contributed by atoms with Crippen LogP contribution in [0.1, 0.15) is 53.8 Å². The second-order valence-corrected chi connectivity index (χ2v) is 5.93. The van der Waals surface area contributed by atoms with Crippen molar-refractivity contribution in [2.24, 2.45) is 5.41 Å². The summed E-state index contributed by atoms with van der Waals surface area (Å²) in [6.07, 6.45) is 2.97. The van der Waals surface area contributed by atoms with Crippen molar-refractivity contribution >= 4 is 11.9 Å². The molecule has 1 atom stereocenters. The molecule has 0 aromatic heterocycles. The van der Waals surface area contributed by atoms with Crippen LogP contribution >= 0.6 is 0 Å². The summed E-state index contributed by atoms with van der Waals surface area (Å²) in [4.78, 5) is 23.2. The number of hydrogen-bond acceptors (Lipinski definition) is 2. The normalized spacial score (nSPS) is 21.1. The molecule has 1 aliphatic rings.